The van der Waals surface area contributed by atoms with Crippen molar-refractivity contribution in [1.82, 2.24) is 0 Å². The largest absolute Gasteiger partial charge is 0.370 e. The van der Waals surface area contributed by atoms with Crippen LogP contribution in [0.1, 0.15) is 25.8 Å². The maximum absolute atomic E-state index is 6.36. The molecule has 0 spiro atoms. The number of halogens is 1. The van der Waals surface area contributed by atoms with Gasteiger partial charge in [-0.05, 0) is 42.5 Å². The summed E-state index contributed by atoms with van der Waals surface area (Å²) >= 11 is 6.36. The van der Waals surface area contributed by atoms with Gasteiger partial charge in [-0.15, -0.1) is 0 Å². The normalized spacial score (nSPS) is 18.7. The van der Waals surface area contributed by atoms with Crippen molar-refractivity contribution in [3.8, 4) is 0 Å². The maximum atomic E-state index is 6.36. The van der Waals surface area contributed by atoms with E-state index in [1.54, 1.807) is 0 Å². The molecule has 0 atom stereocenters. The van der Waals surface area contributed by atoms with Gasteiger partial charge in [0.1, 0.15) is 0 Å². The molecule has 1 aromatic carbocycles. The van der Waals surface area contributed by atoms with Gasteiger partial charge in [0.05, 0.1) is 10.7 Å². The molecule has 0 bridgehead atoms. The van der Waals surface area contributed by atoms with Crippen LogP contribution in [0.4, 0.5) is 5.69 Å². The Morgan fingerprint density at radius 1 is 1.41 bits per heavy atom. The van der Waals surface area contributed by atoms with E-state index in [9.17, 15) is 0 Å². The van der Waals surface area contributed by atoms with E-state index in [2.05, 4.69) is 36.9 Å². The van der Waals surface area contributed by atoms with Crippen molar-refractivity contribution in [2.45, 2.75) is 26.7 Å². The van der Waals surface area contributed by atoms with Crippen molar-refractivity contribution in [3.63, 3.8) is 0 Å². The second-order valence-electron chi connectivity index (χ2n) is 5.66. The topological polar surface area (TPSA) is 29.3 Å². The van der Waals surface area contributed by atoms with Crippen molar-refractivity contribution in [3.05, 3.63) is 28.8 Å². The van der Waals surface area contributed by atoms with Crippen LogP contribution in [-0.2, 0) is 6.42 Å². The smallest absolute Gasteiger partial charge is 0.0642 e. The Morgan fingerprint density at radius 3 is 2.71 bits per heavy atom. The van der Waals surface area contributed by atoms with Crippen LogP contribution < -0.4 is 10.6 Å². The highest BCUT2D eigenvalue weighted by atomic mass is 35.5. The first-order valence-electron chi connectivity index (χ1n) is 6.25. The lowest BCUT2D eigenvalue weighted by molar-refractivity contribution is 0.418. The summed E-state index contributed by atoms with van der Waals surface area (Å²) in [5.41, 5.74) is 8.34. The monoisotopic (exact) mass is 252 g/mol. The molecule has 0 aromatic heterocycles. The number of nitrogens with zero attached hydrogens (tertiary/aromatic N) is 1. The first-order valence-corrected chi connectivity index (χ1v) is 6.63. The summed E-state index contributed by atoms with van der Waals surface area (Å²) in [6.07, 6.45) is 2.12. The lowest BCUT2D eigenvalue weighted by atomic mass is 9.93. The Balaban J connectivity index is 2.17. The van der Waals surface area contributed by atoms with Crippen molar-refractivity contribution in [1.29, 1.82) is 0 Å². The van der Waals surface area contributed by atoms with E-state index in [0.717, 1.165) is 30.2 Å². The summed E-state index contributed by atoms with van der Waals surface area (Å²) in [4.78, 5) is 2.38. The molecular weight excluding hydrogens is 232 g/mol. The van der Waals surface area contributed by atoms with Gasteiger partial charge in [-0.1, -0.05) is 31.5 Å². The lowest BCUT2D eigenvalue weighted by Gasteiger charge is -2.23. The minimum atomic E-state index is 0.402. The highest BCUT2D eigenvalue weighted by molar-refractivity contribution is 6.33. The van der Waals surface area contributed by atoms with Gasteiger partial charge >= 0.3 is 0 Å². The van der Waals surface area contributed by atoms with Crippen LogP contribution in [0.25, 0.3) is 0 Å². The maximum Gasteiger partial charge on any atom is 0.0642 e. The molecule has 3 heteroatoms. The Hall–Kier alpha value is -0.730. The van der Waals surface area contributed by atoms with Crippen molar-refractivity contribution < 1.29 is 0 Å². The third-order valence-electron chi connectivity index (χ3n) is 3.46. The van der Waals surface area contributed by atoms with Crippen molar-refractivity contribution >= 4 is 17.3 Å². The molecule has 94 valence electrons. The molecule has 1 aliphatic heterocycles. The minimum absolute atomic E-state index is 0.402. The Morgan fingerprint density at radius 2 is 2.18 bits per heavy atom. The number of benzene rings is 1. The van der Waals surface area contributed by atoms with Crippen LogP contribution in [0.15, 0.2) is 18.2 Å². The van der Waals surface area contributed by atoms with Crippen LogP contribution in [0.2, 0.25) is 5.02 Å². The molecule has 0 unspecified atom stereocenters. The Labute approximate surface area is 109 Å². The molecule has 0 radical (unpaired) electrons. The minimum Gasteiger partial charge on any atom is -0.370 e. The third kappa shape index (κ3) is 2.93. The second-order valence-corrected chi connectivity index (χ2v) is 6.07. The molecular formula is C14H21ClN2. The van der Waals surface area contributed by atoms with Crippen molar-refractivity contribution in [2.24, 2.45) is 11.1 Å². The van der Waals surface area contributed by atoms with Crippen molar-refractivity contribution in [2.75, 3.05) is 24.5 Å². The Bertz CT molecular complexity index is 401. The molecule has 1 aromatic rings. The van der Waals surface area contributed by atoms with Crippen LogP contribution in [0.5, 0.6) is 0 Å². The molecule has 2 N–H and O–H groups in total. The van der Waals surface area contributed by atoms with Gasteiger partial charge in [0.25, 0.3) is 0 Å². The molecule has 1 saturated heterocycles. The quantitative estimate of drug-likeness (QED) is 0.896. The first-order chi connectivity index (χ1) is 8.02. The summed E-state index contributed by atoms with van der Waals surface area (Å²) in [5, 5.41) is 0.855. The highest BCUT2D eigenvalue weighted by Crippen LogP contribution is 2.36. The predicted octanol–water partition coefficient (Wildman–Crippen LogP) is 3.08. The van der Waals surface area contributed by atoms with E-state index in [1.807, 2.05) is 0 Å². The molecule has 0 amide bonds. The lowest BCUT2D eigenvalue weighted by Crippen LogP contribution is -2.23. The average molecular weight is 253 g/mol. The fourth-order valence-electron chi connectivity index (χ4n) is 2.45. The molecule has 1 fully saturated rings. The summed E-state index contributed by atoms with van der Waals surface area (Å²) < 4.78 is 0. The molecule has 2 nitrogen and oxygen atoms in total. The molecule has 0 aliphatic carbocycles. The molecule has 17 heavy (non-hydrogen) atoms. The Kier molecular flexibility index (Phi) is 3.64. The average Bonchev–Trinajstić information content (AvgIpc) is 2.59. The van der Waals surface area contributed by atoms with Gasteiger partial charge in [0.15, 0.2) is 0 Å². The third-order valence-corrected chi connectivity index (χ3v) is 3.77. The van der Waals surface area contributed by atoms with E-state index in [4.69, 9.17) is 17.3 Å². The zero-order chi connectivity index (χ0) is 12.5. The number of rotatable bonds is 3. The fourth-order valence-corrected chi connectivity index (χ4v) is 2.77. The number of nitrogens with two attached hydrogens (primary N) is 1. The predicted molar refractivity (Wildman–Crippen MR) is 74.8 cm³/mol. The number of hydrogen-bond donors (Lipinski definition) is 1. The number of hydrogen-bond acceptors (Lipinski definition) is 2. The van der Waals surface area contributed by atoms with E-state index in [-0.39, 0.29) is 0 Å². The van der Waals surface area contributed by atoms with Crippen LogP contribution in [0.3, 0.4) is 0 Å². The molecule has 1 heterocycles. The highest BCUT2D eigenvalue weighted by Gasteiger charge is 2.30. The van der Waals surface area contributed by atoms with E-state index in [1.165, 1.54) is 12.0 Å². The number of anilines is 1. The summed E-state index contributed by atoms with van der Waals surface area (Å²) in [6, 6.07) is 6.32. The fraction of sp³-hybridized carbons (Fsp3) is 0.571. The van der Waals surface area contributed by atoms with E-state index in [0.29, 0.717) is 12.0 Å². The van der Waals surface area contributed by atoms with Gasteiger partial charge in [-0.3, -0.25) is 0 Å². The van der Waals surface area contributed by atoms with Gasteiger partial charge in [-0.25, -0.2) is 0 Å². The van der Waals surface area contributed by atoms with Gasteiger partial charge < -0.3 is 10.6 Å². The van der Waals surface area contributed by atoms with E-state index < -0.39 is 0 Å². The zero-order valence-corrected chi connectivity index (χ0v) is 11.4. The molecule has 2 rings (SSSR count). The molecule has 1 aliphatic rings. The van der Waals surface area contributed by atoms with Crippen LogP contribution in [0, 0.1) is 5.41 Å². The van der Waals surface area contributed by atoms with Gasteiger partial charge in [0, 0.05) is 13.1 Å². The van der Waals surface area contributed by atoms with Gasteiger partial charge in [-0.2, -0.15) is 0 Å². The van der Waals surface area contributed by atoms with Crippen LogP contribution >= 0.6 is 11.6 Å². The first kappa shape index (κ1) is 12.7. The zero-order valence-electron chi connectivity index (χ0n) is 10.7. The molecule has 0 saturated carbocycles. The standard InChI is InChI=1S/C14H21ClN2/c1-14(2)6-8-17(10-14)13-4-3-11(5-7-16)9-12(13)15/h3-4,9H,5-8,10,16H2,1-2H3. The van der Waals surface area contributed by atoms with Crippen LogP contribution in [-0.4, -0.2) is 19.6 Å². The summed E-state index contributed by atoms with van der Waals surface area (Å²) in [7, 11) is 0. The summed E-state index contributed by atoms with van der Waals surface area (Å²) in [6.45, 7) is 7.48. The SMILES string of the molecule is CC1(C)CCN(c2ccc(CCN)cc2Cl)C1. The second kappa shape index (κ2) is 4.87. The summed E-state index contributed by atoms with van der Waals surface area (Å²) in [5.74, 6) is 0. The van der Waals surface area contributed by atoms with Gasteiger partial charge in [0.2, 0.25) is 0 Å². The van der Waals surface area contributed by atoms with E-state index >= 15 is 0 Å².